The zero-order valence-corrected chi connectivity index (χ0v) is 16.4. The molecule has 1 aliphatic rings. The average molecular weight is 428 g/mol. The number of halogens is 2. The van der Waals surface area contributed by atoms with Crippen LogP contribution < -0.4 is 0 Å². The maximum atomic E-state index is 12.4. The van der Waals surface area contributed by atoms with E-state index in [4.69, 9.17) is 44.9 Å². The number of hydrogen-bond donors (Lipinski definition) is 1. The molecule has 9 heteroatoms. The Balaban J connectivity index is 1.88. The summed E-state index contributed by atoms with van der Waals surface area (Å²) in [5.74, 6) is -0.639. The quantitative estimate of drug-likeness (QED) is 0.550. The molecule has 2 aromatic rings. The molecule has 1 aliphatic heterocycles. The van der Waals surface area contributed by atoms with Crippen molar-refractivity contribution in [2.45, 2.75) is 13.0 Å². The number of carboxylic acid groups (broad SMARTS) is 1. The van der Waals surface area contributed by atoms with Gasteiger partial charge in [-0.3, -0.25) is 9.69 Å². The number of nitrogens with zero attached hydrogens (tertiary/aromatic N) is 1. The summed E-state index contributed by atoms with van der Waals surface area (Å²) in [5, 5.41) is 10.1. The molecule has 5 nitrogen and oxygen atoms in total. The Hall–Kier alpha value is -1.80. The lowest BCUT2D eigenvalue weighted by Crippen LogP contribution is -2.41. The summed E-state index contributed by atoms with van der Waals surface area (Å²) >= 11 is 18.2. The van der Waals surface area contributed by atoms with Gasteiger partial charge in [0.15, 0.2) is 0 Å². The standard InChI is InChI=1S/C17H11Cl2NO4S2/c1-8(16(22)23)20-15(21)14(26-17(20)25)7-10-3-5-13(24-10)11-4-2-9(18)6-12(11)19/h2-8H,1H3,(H,22,23)/b14-7+. The molecule has 3 rings (SSSR count). The van der Waals surface area contributed by atoms with Gasteiger partial charge < -0.3 is 9.52 Å². The van der Waals surface area contributed by atoms with E-state index in [-0.39, 0.29) is 4.32 Å². The molecule has 2 heterocycles. The summed E-state index contributed by atoms with van der Waals surface area (Å²) in [7, 11) is 0. The van der Waals surface area contributed by atoms with Crippen LogP contribution in [-0.4, -0.2) is 32.2 Å². The number of thioether (sulfide) groups is 1. The number of aliphatic carboxylic acids is 1. The Morgan fingerprint density at radius 2 is 2.08 bits per heavy atom. The molecule has 1 aromatic heterocycles. The van der Waals surface area contributed by atoms with Crippen molar-refractivity contribution in [1.29, 1.82) is 0 Å². The van der Waals surface area contributed by atoms with Crippen LogP contribution >= 0.6 is 47.2 Å². The molecular formula is C17H11Cl2NO4S2. The van der Waals surface area contributed by atoms with E-state index in [0.29, 0.717) is 32.0 Å². The summed E-state index contributed by atoms with van der Waals surface area (Å²) in [6.07, 6.45) is 1.53. The predicted octanol–water partition coefficient (Wildman–Crippen LogP) is 4.93. The first-order valence-corrected chi connectivity index (χ1v) is 9.31. The molecule has 0 bridgehead atoms. The third kappa shape index (κ3) is 3.66. The normalized spacial score (nSPS) is 17.2. The Bertz CT molecular complexity index is 954. The van der Waals surface area contributed by atoms with Gasteiger partial charge in [-0.15, -0.1) is 0 Å². The van der Waals surface area contributed by atoms with Crippen LogP contribution in [0.25, 0.3) is 17.4 Å². The van der Waals surface area contributed by atoms with Crippen LogP contribution in [0.15, 0.2) is 39.7 Å². The highest BCUT2D eigenvalue weighted by molar-refractivity contribution is 8.26. The number of furan rings is 1. The van der Waals surface area contributed by atoms with Gasteiger partial charge in [0, 0.05) is 16.7 Å². The van der Waals surface area contributed by atoms with Crippen LogP contribution in [0.3, 0.4) is 0 Å². The van der Waals surface area contributed by atoms with Crippen molar-refractivity contribution in [1.82, 2.24) is 4.90 Å². The molecule has 1 saturated heterocycles. The molecule has 1 fully saturated rings. The van der Waals surface area contributed by atoms with Gasteiger partial charge in [-0.25, -0.2) is 4.79 Å². The second-order valence-electron chi connectivity index (χ2n) is 5.39. The first-order valence-electron chi connectivity index (χ1n) is 7.33. The lowest BCUT2D eigenvalue weighted by Gasteiger charge is -2.18. The van der Waals surface area contributed by atoms with Crippen molar-refractivity contribution >= 4 is 69.5 Å². The summed E-state index contributed by atoms with van der Waals surface area (Å²) in [6, 6.07) is 7.42. The molecule has 1 amide bonds. The zero-order chi connectivity index (χ0) is 19.0. The van der Waals surface area contributed by atoms with Gasteiger partial charge in [-0.1, -0.05) is 47.2 Å². The van der Waals surface area contributed by atoms with Crippen molar-refractivity contribution in [3.8, 4) is 11.3 Å². The smallest absolute Gasteiger partial charge is 0.326 e. The summed E-state index contributed by atoms with van der Waals surface area (Å²) < 4.78 is 5.93. The minimum Gasteiger partial charge on any atom is -0.480 e. The van der Waals surface area contributed by atoms with E-state index in [9.17, 15) is 9.59 Å². The van der Waals surface area contributed by atoms with Gasteiger partial charge in [0.2, 0.25) is 0 Å². The van der Waals surface area contributed by atoms with Gasteiger partial charge in [0.05, 0.1) is 9.93 Å². The van der Waals surface area contributed by atoms with Gasteiger partial charge >= 0.3 is 5.97 Å². The molecule has 1 N–H and O–H groups in total. The molecule has 0 spiro atoms. The molecule has 1 unspecified atom stereocenters. The fourth-order valence-electron chi connectivity index (χ4n) is 2.32. The molecule has 0 aliphatic carbocycles. The molecule has 1 atom stereocenters. The zero-order valence-electron chi connectivity index (χ0n) is 13.2. The third-order valence-corrected chi connectivity index (χ3v) is 5.54. The SMILES string of the molecule is CC(C(=O)O)N1C(=O)/C(=C\c2ccc(-c3ccc(Cl)cc3Cl)o2)SC1=S. The lowest BCUT2D eigenvalue weighted by molar-refractivity contribution is -0.144. The summed E-state index contributed by atoms with van der Waals surface area (Å²) in [6.45, 7) is 1.41. The fraction of sp³-hybridized carbons (Fsp3) is 0.118. The van der Waals surface area contributed by atoms with Crippen LogP contribution in [-0.2, 0) is 9.59 Å². The largest absolute Gasteiger partial charge is 0.480 e. The highest BCUT2D eigenvalue weighted by Gasteiger charge is 2.38. The number of hydrogen-bond acceptors (Lipinski definition) is 5. The van der Waals surface area contributed by atoms with Crippen molar-refractivity contribution in [2.75, 3.05) is 0 Å². The van der Waals surface area contributed by atoms with Crippen molar-refractivity contribution in [3.05, 3.63) is 51.0 Å². The van der Waals surface area contributed by atoms with Crippen LogP contribution in [0, 0.1) is 0 Å². The average Bonchev–Trinajstić information content (AvgIpc) is 3.12. The molecular weight excluding hydrogens is 417 g/mol. The van der Waals surface area contributed by atoms with Crippen LogP contribution in [0.5, 0.6) is 0 Å². The number of thiocarbonyl (C=S) groups is 1. The number of rotatable bonds is 4. The lowest BCUT2D eigenvalue weighted by atomic mass is 10.2. The molecule has 0 radical (unpaired) electrons. The predicted molar refractivity (Wildman–Crippen MR) is 106 cm³/mol. The first-order chi connectivity index (χ1) is 12.3. The van der Waals surface area contributed by atoms with Crippen LogP contribution in [0.4, 0.5) is 0 Å². The first kappa shape index (κ1) is 19.0. The topological polar surface area (TPSA) is 70.8 Å². The van der Waals surface area contributed by atoms with E-state index in [2.05, 4.69) is 0 Å². The van der Waals surface area contributed by atoms with Crippen molar-refractivity contribution in [3.63, 3.8) is 0 Å². The maximum absolute atomic E-state index is 12.4. The Labute approximate surface area is 168 Å². The molecule has 26 heavy (non-hydrogen) atoms. The van der Waals surface area contributed by atoms with Gasteiger partial charge in [-0.05, 0) is 37.3 Å². The van der Waals surface area contributed by atoms with E-state index in [1.165, 1.54) is 13.0 Å². The number of carbonyl (C=O) groups is 2. The molecule has 1 aromatic carbocycles. The fourth-order valence-corrected chi connectivity index (χ4v) is 4.22. The van der Waals surface area contributed by atoms with Gasteiger partial charge in [0.25, 0.3) is 5.91 Å². The number of carboxylic acids is 1. The second-order valence-corrected chi connectivity index (χ2v) is 7.91. The Morgan fingerprint density at radius 1 is 1.35 bits per heavy atom. The highest BCUT2D eigenvalue weighted by Crippen LogP contribution is 2.36. The third-order valence-electron chi connectivity index (χ3n) is 3.66. The number of benzene rings is 1. The minimum atomic E-state index is -1.12. The van der Waals surface area contributed by atoms with Crippen LogP contribution in [0.1, 0.15) is 12.7 Å². The van der Waals surface area contributed by atoms with E-state index < -0.39 is 17.9 Å². The Morgan fingerprint density at radius 3 is 2.73 bits per heavy atom. The van der Waals surface area contributed by atoms with E-state index in [0.717, 1.165) is 16.7 Å². The van der Waals surface area contributed by atoms with E-state index >= 15 is 0 Å². The molecule has 0 saturated carbocycles. The van der Waals surface area contributed by atoms with Gasteiger partial charge in [-0.2, -0.15) is 0 Å². The minimum absolute atomic E-state index is 0.198. The monoisotopic (exact) mass is 427 g/mol. The van der Waals surface area contributed by atoms with Gasteiger partial charge in [0.1, 0.15) is 21.9 Å². The summed E-state index contributed by atoms with van der Waals surface area (Å²) in [4.78, 5) is 25.0. The summed E-state index contributed by atoms with van der Waals surface area (Å²) in [5.41, 5.74) is 0.669. The van der Waals surface area contributed by atoms with Crippen molar-refractivity contribution < 1.29 is 19.1 Å². The van der Waals surface area contributed by atoms with Crippen molar-refractivity contribution in [2.24, 2.45) is 0 Å². The Kier molecular flexibility index (Phi) is 5.43. The number of amides is 1. The molecule has 134 valence electrons. The van der Waals surface area contributed by atoms with E-state index in [1.54, 1.807) is 30.3 Å². The highest BCUT2D eigenvalue weighted by atomic mass is 35.5. The maximum Gasteiger partial charge on any atom is 0.326 e. The van der Waals surface area contributed by atoms with E-state index in [1.807, 2.05) is 0 Å². The number of carbonyl (C=O) groups excluding carboxylic acids is 1. The second kappa shape index (κ2) is 7.44. The van der Waals surface area contributed by atoms with Crippen LogP contribution in [0.2, 0.25) is 10.0 Å².